The summed E-state index contributed by atoms with van der Waals surface area (Å²) in [5.74, 6) is -0.0780. The van der Waals surface area contributed by atoms with Crippen LogP contribution >= 0.6 is 0 Å². The molecule has 1 aromatic carbocycles. The molecule has 1 atom stereocenters. The van der Waals surface area contributed by atoms with Gasteiger partial charge in [-0.05, 0) is 30.0 Å². The molecule has 1 heterocycles. The number of carbonyl (C=O) groups is 1. The van der Waals surface area contributed by atoms with E-state index >= 15 is 0 Å². The Morgan fingerprint density at radius 3 is 3.07 bits per heavy atom. The van der Waals surface area contributed by atoms with Gasteiger partial charge in [-0.3, -0.25) is 4.79 Å². The SMILES string of the molecule is CCc1ccc2c(c1)NC(=O)C(N)C2. The third kappa shape index (κ3) is 1.51. The maximum Gasteiger partial charge on any atom is 0.241 e. The summed E-state index contributed by atoms with van der Waals surface area (Å²) in [5.41, 5.74) is 8.95. The Labute approximate surface area is 83.3 Å². The van der Waals surface area contributed by atoms with Crippen LogP contribution in [-0.4, -0.2) is 11.9 Å². The zero-order valence-electron chi connectivity index (χ0n) is 8.21. The summed E-state index contributed by atoms with van der Waals surface area (Å²) in [6.45, 7) is 2.10. The Morgan fingerprint density at radius 2 is 2.36 bits per heavy atom. The monoisotopic (exact) mass is 190 g/mol. The van der Waals surface area contributed by atoms with E-state index in [1.165, 1.54) is 5.56 Å². The lowest BCUT2D eigenvalue weighted by atomic mass is 9.97. The number of nitrogens with one attached hydrogen (secondary N) is 1. The molecule has 0 aromatic heterocycles. The van der Waals surface area contributed by atoms with Gasteiger partial charge in [-0.25, -0.2) is 0 Å². The van der Waals surface area contributed by atoms with E-state index < -0.39 is 6.04 Å². The molecule has 3 heteroatoms. The zero-order valence-corrected chi connectivity index (χ0v) is 8.21. The largest absolute Gasteiger partial charge is 0.324 e. The third-order valence-corrected chi connectivity index (χ3v) is 2.62. The van der Waals surface area contributed by atoms with Gasteiger partial charge in [0.05, 0.1) is 6.04 Å². The van der Waals surface area contributed by atoms with Crippen LogP contribution in [0.3, 0.4) is 0 Å². The first-order valence-electron chi connectivity index (χ1n) is 4.89. The van der Waals surface area contributed by atoms with Crippen LogP contribution in [0.25, 0.3) is 0 Å². The second kappa shape index (κ2) is 3.42. The van der Waals surface area contributed by atoms with E-state index in [1.54, 1.807) is 0 Å². The van der Waals surface area contributed by atoms with E-state index in [2.05, 4.69) is 18.3 Å². The number of carbonyl (C=O) groups excluding carboxylic acids is 1. The van der Waals surface area contributed by atoms with Crippen LogP contribution in [0.5, 0.6) is 0 Å². The van der Waals surface area contributed by atoms with Gasteiger partial charge in [0.25, 0.3) is 0 Å². The molecule has 0 spiro atoms. The summed E-state index contributed by atoms with van der Waals surface area (Å²) < 4.78 is 0. The van der Waals surface area contributed by atoms with Gasteiger partial charge >= 0.3 is 0 Å². The number of benzene rings is 1. The molecule has 74 valence electrons. The van der Waals surface area contributed by atoms with Crippen molar-refractivity contribution in [2.24, 2.45) is 5.73 Å². The molecule has 0 saturated carbocycles. The van der Waals surface area contributed by atoms with Crippen LogP contribution in [-0.2, 0) is 17.6 Å². The Hall–Kier alpha value is -1.35. The molecule has 3 N–H and O–H groups in total. The van der Waals surface area contributed by atoms with Crippen molar-refractivity contribution in [2.75, 3.05) is 5.32 Å². The summed E-state index contributed by atoms with van der Waals surface area (Å²) in [6, 6.07) is 5.77. The number of rotatable bonds is 1. The maximum atomic E-state index is 11.3. The molecule has 1 amide bonds. The van der Waals surface area contributed by atoms with Gasteiger partial charge in [0.1, 0.15) is 0 Å². The Kier molecular flexibility index (Phi) is 2.25. The highest BCUT2D eigenvalue weighted by Gasteiger charge is 2.22. The summed E-state index contributed by atoms with van der Waals surface area (Å²) >= 11 is 0. The zero-order chi connectivity index (χ0) is 10.1. The maximum absolute atomic E-state index is 11.3. The van der Waals surface area contributed by atoms with Crippen molar-refractivity contribution in [3.63, 3.8) is 0 Å². The van der Waals surface area contributed by atoms with E-state index in [4.69, 9.17) is 5.73 Å². The fraction of sp³-hybridized carbons (Fsp3) is 0.364. The average Bonchev–Trinajstić information content (AvgIpc) is 2.19. The van der Waals surface area contributed by atoms with E-state index in [-0.39, 0.29) is 5.91 Å². The number of aryl methyl sites for hydroxylation is 1. The second-order valence-electron chi connectivity index (χ2n) is 3.64. The molecule has 1 aliphatic rings. The van der Waals surface area contributed by atoms with Gasteiger partial charge < -0.3 is 11.1 Å². The quantitative estimate of drug-likeness (QED) is 0.696. The topological polar surface area (TPSA) is 55.1 Å². The predicted molar refractivity (Wildman–Crippen MR) is 56.1 cm³/mol. The van der Waals surface area contributed by atoms with E-state index in [0.717, 1.165) is 17.7 Å². The number of nitrogens with two attached hydrogens (primary N) is 1. The van der Waals surface area contributed by atoms with Gasteiger partial charge in [0.15, 0.2) is 0 Å². The second-order valence-corrected chi connectivity index (χ2v) is 3.64. The predicted octanol–water partition coefficient (Wildman–Crippen LogP) is 1.07. The van der Waals surface area contributed by atoms with Crippen LogP contribution in [0.1, 0.15) is 18.1 Å². The third-order valence-electron chi connectivity index (χ3n) is 2.62. The van der Waals surface area contributed by atoms with Crippen LogP contribution in [0.2, 0.25) is 0 Å². The molecule has 0 bridgehead atoms. The fourth-order valence-electron chi connectivity index (χ4n) is 1.69. The van der Waals surface area contributed by atoms with Gasteiger partial charge in [-0.1, -0.05) is 19.1 Å². The molecule has 1 aliphatic heterocycles. The van der Waals surface area contributed by atoms with E-state index in [0.29, 0.717) is 6.42 Å². The lowest BCUT2D eigenvalue weighted by Crippen LogP contribution is -2.41. The summed E-state index contributed by atoms with van der Waals surface area (Å²) in [7, 11) is 0. The lowest BCUT2D eigenvalue weighted by molar-refractivity contribution is -0.117. The number of hydrogen-bond donors (Lipinski definition) is 2. The average molecular weight is 190 g/mol. The molecule has 0 saturated heterocycles. The van der Waals surface area contributed by atoms with Crippen LogP contribution < -0.4 is 11.1 Å². The molecule has 0 radical (unpaired) electrons. The molecule has 0 fully saturated rings. The number of hydrogen-bond acceptors (Lipinski definition) is 2. The van der Waals surface area contributed by atoms with Crippen molar-refractivity contribution < 1.29 is 4.79 Å². The first-order chi connectivity index (χ1) is 6.70. The number of anilines is 1. The number of amides is 1. The van der Waals surface area contributed by atoms with Crippen LogP contribution in [0.15, 0.2) is 18.2 Å². The first-order valence-corrected chi connectivity index (χ1v) is 4.89. The Bertz CT molecular complexity index is 374. The first kappa shape index (κ1) is 9.21. The Balaban J connectivity index is 2.37. The molecule has 1 aromatic rings. The van der Waals surface area contributed by atoms with Crippen LogP contribution in [0.4, 0.5) is 5.69 Å². The van der Waals surface area contributed by atoms with Crippen LogP contribution in [0, 0.1) is 0 Å². The summed E-state index contributed by atoms with van der Waals surface area (Å²) in [4.78, 5) is 11.3. The smallest absolute Gasteiger partial charge is 0.241 e. The van der Waals surface area contributed by atoms with Gasteiger partial charge in [-0.15, -0.1) is 0 Å². The summed E-state index contributed by atoms with van der Waals surface area (Å²) in [5, 5.41) is 2.82. The van der Waals surface area contributed by atoms with Crippen molar-refractivity contribution >= 4 is 11.6 Å². The highest BCUT2D eigenvalue weighted by atomic mass is 16.2. The molecule has 14 heavy (non-hydrogen) atoms. The highest BCUT2D eigenvalue weighted by Crippen LogP contribution is 2.23. The standard InChI is InChI=1S/C11H14N2O/c1-2-7-3-4-8-6-9(12)11(14)13-10(8)5-7/h3-5,9H,2,6,12H2,1H3,(H,13,14). The molecular weight excluding hydrogens is 176 g/mol. The highest BCUT2D eigenvalue weighted by molar-refractivity contribution is 5.97. The minimum atomic E-state index is -0.394. The van der Waals surface area contributed by atoms with Gasteiger partial charge in [-0.2, -0.15) is 0 Å². The molecule has 1 unspecified atom stereocenters. The fourth-order valence-corrected chi connectivity index (χ4v) is 1.69. The van der Waals surface area contributed by atoms with Gasteiger partial charge in [0, 0.05) is 5.69 Å². The van der Waals surface area contributed by atoms with Crippen molar-refractivity contribution in [1.29, 1.82) is 0 Å². The van der Waals surface area contributed by atoms with Crippen molar-refractivity contribution in [3.8, 4) is 0 Å². The minimum absolute atomic E-state index is 0.0780. The minimum Gasteiger partial charge on any atom is -0.324 e. The molecule has 0 aliphatic carbocycles. The van der Waals surface area contributed by atoms with E-state index in [1.807, 2.05) is 12.1 Å². The molecule has 2 rings (SSSR count). The summed E-state index contributed by atoms with van der Waals surface area (Å²) in [6.07, 6.45) is 1.63. The van der Waals surface area contributed by atoms with Crippen molar-refractivity contribution in [2.45, 2.75) is 25.8 Å². The Morgan fingerprint density at radius 1 is 1.57 bits per heavy atom. The number of fused-ring (bicyclic) bond motifs is 1. The lowest BCUT2D eigenvalue weighted by Gasteiger charge is -2.22. The normalized spacial score (nSPS) is 20.1. The van der Waals surface area contributed by atoms with E-state index in [9.17, 15) is 4.79 Å². The molecular formula is C11H14N2O. The molecule has 3 nitrogen and oxygen atoms in total. The van der Waals surface area contributed by atoms with Gasteiger partial charge in [0.2, 0.25) is 5.91 Å². The van der Waals surface area contributed by atoms with Crippen molar-refractivity contribution in [1.82, 2.24) is 0 Å². The van der Waals surface area contributed by atoms with Crippen molar-refractivity contribution in [3.05, 3.63) is 29.3 Å².